The van der Waals surface area contributed by atoms with E-state index < -0.39 is 0 Å². The van der Waals surface area contributed by atoms with Crippen LogP contribution in [0.4, 0.5) is 5.69 Å². The van der Waals surface area contributed by atoms with Crippen molar-refractivity contribution >= 4 is 40.5 Å². The summed E-state index contributed by atoms with van der Waals surface area (Å²) >= 11 is 10.9. The number of hydrogen-bond acceptors (Lipinski definition) is 2. The van der Waals surface area contributed by atoms with Gasteiger partial charge in [0.25, 0.3) is 0 Å². The minimum Gasteiger partial charge on any atom is -0.332 e. The first-order valence-electron chi connectivity index (χ1n) is 5.44. The number of halogens is 1. The van der Waals surface area contributed by atoms with E-state index in [1.807, 2.05) is 19.1 Å². The Morgan fingerprint density at radius 2 is 2.18 bits per heavy atom. The second-order valence-corrected chi connectivity index (χ2v) is 5.02. The van der Waals surface area contributed by atoms with Crippen molar-refractivity contribution < 1.29 is 4.79 Å². The van der Waals surface area contributed by atoms with Gasteiger partial charge in [-0.2, -0.15) is 0 Å². The van der Waals surface area contributed by atoms with Crippen molar-refractivity contribution in [2.24, 2.45) is 5.92 Å². The van der Waals surface area contributed by atoms with Crippen LogP contribution in [0.5, 0.6) is 0 Å². The summed E-state index contributed by atoms with van der Waals surface area (Å²) in [5.41, 5.74) is 1.84. The molecular weight excluding hydrogens is 256 g/mol. The van der Waals surface area contributed by atoms with Crippen molar-refractivity contribution in [2.45, 2.75) is 19.8 Å². The second-order valence-electron chi connectivity index (χ2n) is 4.18. The van der Waals surface area contributed by atoms with Gasteiger partial charge in [0.05, 0.1) is 0 Å². The van der Waals surface area contributed by atoms with Crippen LogP contribution >= 0.6 is 23.8 Å². The summed E-state index contributed by atoms with van der Waals surface area (Å²) in [5.74, 6) is 0.162. The smallest absolute Gasteiger partial charge is 0.229 e. The Morgan fingerprint density at radius 1 is 1.47 bits per heavy atom. The number of carbonyl (C=O) groups excluding carboxylic acids is 1. The maximum Gasteiger partial charge on any atom is 0.229 e. The summed E-state index contributed by atoms with van der Waals surface area (Å²) in [6.07, 6.45) is 1.93. The number of benzene rings is 1. The maximum absolute atomic E-state index is 11.5. The van der Waals surface area contributed by atoms with E-state index in [-0.39, 0.29) is 11.8 Å². The lowest BCUT2D eigenvalue weighted by molar-refractivity contribution is -0.120. The zero-order valence-corrected chi connectivity index (χ0v) is 11.0. The van der Waals surface area contributed by atoms with Gasteiger partial charge >= 0.3 is 0 Å². The predicted octanol–water partition coefficient (Wildman–Crippen LogP) is 2.87. The van der Waals surface area contributed by atoms with Crippen molar-refractivity contribution in [3.63, 3.8) is 0 Å². The zero-order valence-electron chi connectivity index (χ0n) is 9.42. The molecule has 5 heteroatoms. The average Bonchev–Trinajstić information content (AvgIpc) is 3.05. The molecule has 2 rings (SSSR count). The monoisotopic (exact) mass is 268 g/mol. The molecule has 0 unspecified atom stereocenters. The standard InChI is InChI=1S/C12H13ClN2OS/c1-7-6-9(13)4-5-10(7)14-12(17)15-11(16)8-2-3-8/h4-6,8H,2-3H2,1H3,(H2,14,15,16,17). The van der Waals surface area contributed by atoms with Crippen molar-refractivity contribution in [1.29, 1.82) is 0 Å². The van der Waals surface area contributed by atoms with E-state index in [9.17, 15) is 4.79 Å². The van der Waals surface area contributed by atoms with Gasteiger partial charge in [0, 0.05) is 16.6 Å². The lowest BCUT2D eigenvalue weighted by Gasteiger charge is -2.11. The summed E-state index contributed by atoms with van der Waals surface area (Å²) < 4.78 is 0. The van der Waals surface area contributed by atoms with Crippen LogP contribution in [0.25, 0.3) is 0 Å². The highest BCUT2D eigenvalue weighted by molar-refractivity contribution is 7.80. The predicted molar refractivity (Wildman–Crippen MR) is 73.3 cm³/mol. The molecule has 1 fully saturated rings. The topological polar surface area (TPSA) is 41.1 Å². The molecule has 1 saturated carbocycles. The van der Waals surface area contributed by atoms with Gasteiger partial charge in [0.15, 0.2) is 5.11 Å². The number of aryl methyl sites for hydroxylation is 1. The highest BCUT2D eigenvalue weighted by Crippen LogP contribution is 2.28. The lowest BCUT2D eigenvalue weighted by atomic mass is 10.2. The van der Waals surface area contributed by atoms with Gasteiger partial charge in [-0.05, 0) is 55.7 Å². The Balaban J connectivity index is 1.95. The molecule has 3 nitrogen and oxygen atoms in total. The van der Waals surface area contributed by atoms with E-state index in [2.05, 4.69) is 10.6 Å². The van der Waals surface area contributed by atoms with E-state index in [1.54, 1.807) is 6.07 Å². The second kappa shape index (κ2) is 5.02. The Bertz CT molecular complexity index is 472. The van der Waals surface area contributed by atoms with Crippen LogP contribution < -0.4 is 10.6 Å². The third-order valence-electron chi connectivity index (χ3n) is 2.62. The molecule has 1 aliphatic carbocycles. The number of amides is 1. The van der Waals surface area contributed by atoms with Crippen molar-refractivity contribution in [2.75, 3.05) is 5.32 Å². The number of anilines is 1. The average molecular weight is 269 g/mol. The molecule has 0 aliphatic heterocycles. The summed E-state index contributed by atoms with van der Waals surface area (Å²) in [4.78, 5) is 11.5. The molecule has 0 heterocycles. The lowest BCUT2D eigenvalue weighted by Crippen LogP contribution is -2.35. The van der Waals surface area contributed by atoms with Crippen LogP contribution in [0.1, 0.15) is 18.4 Å². The Labute approximate surface area is 111 Å². The van der Waals surface area contributed by atoms with E-state index in [1.165, 1.54) is 0 Å². The minimum atomic E-state index is 0.00844. The Morgan fingerprint density at radius 3 is 2.76 bits per heavy atom. The van der Waals surface area contributed by atoms with Gasteiger partial charge in [-0.15, -0.1) is 0 Å². The number of nitrogens with one attached hydrogen (secondary N) is 2. The van der Waals surface area contributed by atoms with Gasteiger partial charge in [0.2, 0.25) is 5.91 Å². The van der Waals surface area contributed by atoms with Crippen LogP contribution in [0.2, 0.25) is 5.02 Å². The molecule has 17 heavy (non-hydrogen) atoms. The zero-order chi connectivity index (χ0) is 12.4. The van der Waals surface area contributed by atoms with Crippen LogP contribution in [0.3, 0.4) is 0 Å². The van der Waals surface area contributed by atoms with E-state index in [0.29, 0.717) is 10.1 Å². The first-order chi connectivity index (χ1) is 8.06. The van der Waals surface area contributed by atoms with Gasteiger partial charge in [-0.1, -0.05) is 11.6 Å². The normalized spacial score (nSPS) is 14.2. The molecule has 0 saturated heterocycles. The molecule has 0 bridgehead atoms. The summed E-state index contributed by atoms with van der Waals surface area (Å²) in [7, 11) is 0. The molecule has 0 aromatic heterocycles. The van der Waals surface area contributed by atoms with Gasteiger partial charge in [-0.3, -0.25) is 4.79 Å². The van der Waals surface area contributed by atoms with Gasteiger partial charge < -0.3 is 10.6 Å². The Hall–Kier alpha value is -1.13. The fourth-order valence-corrected chi connectivity index (χ4v) is 1.92. The molecule has 1 amide bonds. The summed E-state index contributed by atoms with van der Waals surface area (Å²) in [6, 6.07) is 5.46. The first kappa shape index (κ1) is 12.3. The molecule has 2 N–H and O–H groups in total. The first-order valence-corrected chi connectivity index (χ1v) is 6.23. The molecule has 0 spiro atoms. The number of hydrogen-bond donors (Lipinski definition) is 2. The van der Waals surface area contributed by atoms with Crippen LogP contribution in [-0.4, -0.2) is 11.0 Å². The van der Waals surface area contributed by atoms with E-state index in [0.717, 1.165) is 24.1 Å². The fraction of sp³-hybridized carbons (Fsp3) is 0.333. The van der Waals surface area contributed by atoms with Crippen LogP contribution in [0, 0.1) is 12.8 Å². The summed E-state index contributed by atoms with van der Waals surface area (Å²) in [6.45, 7) is 1.93. The number of carbonyl (C=O) groups is 1. The van der Waals surface area contributed by atoms with Crippen LogP contribution in [-0.2, 0) is 4.79 Å². The highest BCUT2D eigenvalue weighted by Gasteiger charge is 2.30. The van der Waals surface area contributed by atoms with Crippen molar-refractivity contribution in [3.8, 4) is 0 Å². The van der Waals surface area contributed by atoms with E-state index >= 15 is 0 Å². The van der Waals surface area contributed by atoms with Crippen molar-refractivity contribution in [1.82, 2.24) is 5.32 Å². The molecule has 0 atom stereocenters. The van der Waals surface area contributed by atoms with Crippen LogP contribution in [0.15, 0.2) is 18.2 Å². The molecular formula is C12H13ClN2OS. The van der Waals surface area contributed by atoms with Gasteiger partial charge in [0.1, 0.15) is 0 Å². The molecule has 1 aromatic carbocycles. The fourth-order valence-electron chi connectivity index (χ4n) is 1.48. The molecule has 0 radical (unpaired) electrons. The van der Waals surface area contributed by atoms with Gasteiger partial charge in [-0.25, -0.2) is 0 Å². The summed E-state index contributed by atoms with van der Waals surface area (Å²) in [5, 5.41) is 6.69. The Kier molecular flexibility index (Phi) is 3.64. The third kappa shape index (κ3) is 3.41. The molecule has 1 aromatic rings. The molecule has 1 aliphatic rings. The maximum atomic E-state index is 11.5. The minimum absolute atomic E-state index is 0.00844. The van der Waals surface area contributed by atoms with E-state index in [4.69, 9.17) is 23.8 Å². The third-order valence-corrected chi connectivity index (χ3v) is 3.06. The quantitative estimate of drug-likeness (QED) is 0.811. The SMILES string of the molecule is Cc1cc(Cl)ccc1NC(=S)NC(=O)C1CC1. The molecule has 90 valence electrons. The van der Waals surface area contributed by atoms with Crippen molar-refractivity contribution in [3.05, 3.63) is 28.8 Å². The highest BCUT2D eigenvalue weighted by atomic mass is 35.5. The number of thiocarbonyl (C=S) groups is 1. The largest absolute Gasteiger partial charge is 0.332 e. The number of rotatable bonds is 2.